The molecule has 106 valence electrons. The van der Waals surface area contributed by atoms with Crippen molar-refractivity contribution in [3.8, 4) is 0 Å². The average molecular weight is 338 g/mol. The maximum absolute atomic E-state index is 5.37. The fraction of sp³-hybridized carbons (Fsp3) is 0.250. The van der Waals surface area contributed by atoms with Gasteiger partial charge in [0.05, 0.1) is 0 Å². The van der Waals surface area contributed by atoms with Gasteiger partial charge in [-0.15, -0.1) is 0 Å². The van der Waals surface area contributed by atoms with Crippen LogP contribution in [0.3, 0.4) is 0 Å². The molecule has 0 saturated heterocycles. The van der Waals surface area contributed by atoms with E-state index in [0.29, 0.717) is 17.8 Å². The molecule has 4 N–H and O–H groups in total. The molecule has 7 nitrogen and oxygen atoms in total. The molecule has 0 amide bonds. The maximum Gasteiger partial charge on any atom is 0.243 e. The third-order valence-corrected chi connectivity index (χ3v) is 3.46. The summed E-state index contributed by atoms with van der Waals surface area (Å²) in [6.07, 6.45) is 0. The number of rotatable bonds is 4. The highest BCUT2D eigenvalue weighted by Crippen LogP contribution is 2.22. The number of hydrogen-bond donors (Lipinski definition) is 3. The summed E-state index contributed by atoms with van der Waals surface area (Å²) in [5, 5.41) is 3.14. The number of nitrogens with one attached hydrogen (secondary N) is 2. The van der Waals surface area contributed by atoms with Gasteiger partial charge in [-0.3, -0.25) is 5.43 Å². The molecule has 0 aliphatic carbocycles. The van der Waals surface area contributed by atoms with Crippen LogP contribution in [0, 0.1) is 6.92 Å². The van der Waals surface area contributed by atoms with E-state index in [4.69, 9.17) is 5.84 Å². The highest BCUT2D eigenvalue weighted by molar-refractivity contribution is 9.10. The molecule has 1 heterocycles. The van der Waals surface area contributed by atoms with E-state index >= 15 is 0 Å². The second kappa shape index (κ2) is 6.02. The first kappa shape index (κ1) is 14.5. The zero-order chi connectivity index (χ0) is 14.7. The van der Waals surface area contributed by atoms with Crippen LogP contribution in [0.1, 0.15) is 5.56 Å². The summed E-state index contributed by atoms with van der Waals surface area (Å²) in [7, 11) is 3.70. The van der Waals surface area contributed by atoms with Gasteiger partial charge in [0.1, 0.15) is 0 Å². The Balaban J connectivity index is 2.32. The lowest BCUT2D eigenvalue weighted by atomic mass is 10.2. The highest BCUT2D eigenvalue weighted by Gasteiger charge is 2.08. The Bertz CT molecular complexity index is 615. The number of nitrogen functional groups attached to an aromatic ring is 1. The number of aromatic nitrogens is 3. The first-order valence-corrected chi connectivity index (χ1v) is 6.72. The SMILES string of the molecule is Cc1cc(Nc2nc(NN)nc(N(C)C)n2)ccc1Br. The third-order valence-electron chi connectivity index (χ3n) is 2.57. The van der Waals surface area contributed by atoms with E-state index in [1.807, 2.05) is 39.2 Å². The number of nitrogens with zero attached hydrogens (tertiary/aromatic N) is 4. The lowest BCUT2D eigenvalue weighted by Crippen LogP contribution is -2.18. The number of aryl methyl sites for hydroxylation is 1. The summed E-state index contributed by atoms with van der Waals surface area (Å²) in [5.41, 5.74) is 4.45. The molecule has 1 aromatic carbocycles. The van der Waals surface area contributed by atoms with E-state index in [1.54, 1.807) is 4.90 Å². The van der Waals surface area contributed by atoms with Gasteiger partial charge in [0.15, 0.2) is 0 Å². The standard InChI is InChI=1S/C12H16BrN7/c1-7-6-8(4-5-9(7)13)15-10-16-11(19-14)18-12(17-10)20(2)3/h4-6H,14H2,1-3H3,(H2,15,16,17,18,19). The van der Waals surface area contributed by atoms with E-state index in [2.05, 4.69) is 41.6 Å². The summed E-state index contributed by atoms with van der Waals surface area (Å²) >= 11 is 3.47. The van der Waals surface area contributed by atoms with Crippen molar-refractivity contribution in [2.24, 2.45) is 5.84 Å². The summed E-state index contributed by atoms with van der Waals surface area (Å²) in [6.45, 7) is 2.01. The number of nitrogens with two attached hydrogens (primary N) is 1. The topological polar surface area (TPSA) is 92.0 Å². The molecule has 0 radical (unpaired) electrons. The van der Waals surface area contributed by atoms with Crippen molar-refractivity contribution in [2.45, 2.75) is 6.92 Å². The Labute approximate surface area is 125 Å². The van der Waals surface area contributed by atoms with Gasteiger partial charge >= 0.3 is 0 Å². The van der Waals surface area contributed by atoms with Crippen LogP contribution >= 0.6 is 15.9 Å². The largest absolute Gasteiger partial charge is 0.347 e. The molecule has 0 aliphatic rings. The molecule has 2 rings (SSSR count). The van der Waals surface area contributed by atoms with E-state index in [0.717, 1.165) is 15.7 Å². The minimum atomic E-state index is 0.306. The van der Waals surface area contributed by atoms with E-state index in [-0.39, 0.29) is 0 Å². The maximum atomic E-state index is 5.37. The van der Waals surface area contributed by atoms with Gasteiger partial charge in [-0.1, -0.05) is 15.9 Å². The van der Waals surface area contributed by atoms with Crippen LogP contribution in [-0.4, -0.2) is 29.0 Å². The van der Waals surface area contributed by atoms with Crippen molar-refractivity contribution < 1.29 is 0 Å². The summed E-state index contributed by atoms with van der Waals surface area (Å²) in [5.74, 6) is 6.62. The third kappa shape index (κ3) is 3.34. The van der Waals surface area contributed by atoms with Gasteiger partial charge in [-0.25, -0.2) is 5.84 Å². The number of hydrazine groups is 1. The molecular weight excluding hydrogens is 322 g/mol. The normalized spacial score (nSPS) is 10.2. The number of benzene rings is 1. The van der Waals surface area contributed by atoms with Crippen molar-refractivity contribution >= 4 is 39.5 Å². The molecule has 1 aromatic heterocycles. The Morgan fingerprint density at radius 2 is 1.85 bits per heavy atom. The fourth-order valence-corrected chi connectivity index (χ4v) is 1.78. The van der Waals surface area contributed by atoms with Crippen molar-refractivity contribution in [1.82, 2.24) is 15.0 Å². The lowest BCUT2D eigenvalue weighted by molar-refractivity contribution is 0.957. The molecule has 8 heteroatoms. The smallest absolute Gasteiger partial charge is 0.243 e. The Kier molecular flexibility index (Phi) is 4.35. The van der Waals surface area contributed by atoms with E-state index < -0.39 is 0 Å². The minimum Gasteiger partial charge on any atom is -0.347 e. The van der Waals surface area contributed by atoms with Crippen molar-refractivity contribution in [1.29, 1.82) is 0 Å². The quantitative estimate of drug-likeness (QED) is 0.580. The molecule has 20 heavy (non-hydrogen) atoms. The molecule has 0 saturated carbocycles. The Morgan fingerprint density at radius 3 is 2.45 bits per heavy atom. The van der Waals surface area contributed by atoms with Crippen LogP contribution in [0.15, 0.2) is 22.7 Å². The van der Waals surface area contributed by atoms with Crippen LogP contribution in [-0.2, 0) is 0 Å². The lowest BCUT2D eigenvalue weighted by Gasteiger charge is -2.13. The van der Waals surface area contributed by atoms with Gasteiger partial charge < -0.3 is 10.2 Å². The first-order valence-electron chi connectivity index (χ1n) is 5.93. The Hall–Kier alpha value is -1.93. The second-order valence-corrected chi connectivity index (χ2v) is 5.26. The molecule has 0 fully saturated rings. The molecule has 0 aliphatic heterocycles. The van der Waals surface area contributed by atoms with Crippen LogP contribution < -0.4 is 21.5 Å². The van der Waals surface area contributed by atoms with Gasteiger partial charge in [0.2, 0.25) is 17.8 Å². The molecule has 0 atom stereocenters. The molecular formula is C12H16BrN7. The zero-order valence-corrected chi connectivity index (χ0v) is 13.1. The van der Waals surface area contributed by atoms with Crippen molar-refractivity contribution in [3.63, 3.8) is 0 Å². The van der Waals surface area contributed by atoms with Crippen LogP contribution in [0.2, 0.25) is 0 Å². The summed E-state index contributed by atoms with van der Waals surface area (Å²) < 4.78 is 1.05. The molecule has 2 aromatic rings. The predicted octanol–water partition coefficient (Wildman–Crippen LogP) is 2.04. The molecule has 0 bridgehead atoms. The first-order chi connectivity index (χ1) is 9.49. The van der Waals surface area contributed by atoms with E-state index in [1.165, 1.54) is 0 Å². The van der Waals surface area contributed by atoms with Crippen molar-refractivity contribution in [2.75, 3.05) is 29.7 Å². The van der Waals surface area contributed by atoms with Crippen LogP contribution in [0.5, 0.6) is 0 Å². The van der Waals surface area contributed by atoms with Crippen LogP contribution in [0.25, 0.3) is 0 Å². The second-order valence-electron chi connectivity index (χ2n) is 4.41. The fourth-order valence-electron chi connectivity index (χ4n) is 1.54. The monoisotopic (exact) mass is 337 g/mol. The van der Waals surface area contributed by atoms with Crippen LogP contribution in [0.4, 0.5) is 23.5 Å². The summed E-state index contributed by atoms with van der Waals surface area (Å²) in [4.78, 5) is 14.4. The minimum absolute atomic E-state index is 0.306. The Morgan fingerprint density at radius 1 is 1.15 bits per heavy atom. The number of hydrogen-bond acceptors (Lipinski definition) is 7. The summed E-state index contributed by atoms with van der Waals surface area (Å²) in [6, 6.07) is 5.90. The molecule has 0 spiro atoms. The number of halogens is 1. The average Bonchev–Trinajstić information content (AvgIpc) is 2.42. The zero-order valence-electron chi connectivity index (χ0n) is 11.5. The van der Waals surface area contributed by atoms with E-state index in [9.17, 15) is 0 Å². The number of anilines is 4. The predicted molar refractivity (Wildman–Crippen MR) is 84.1 cm³/mol. The van der Waals surface area contributed by atoms with Crippen molar-refractivity contribution in [3.05, 3.63) is 28.2 Å². The van der Waals surface area contributed by atoms with Gasteiger partial charge in [0, 0.05) is 24.3 Å². The van der Waals surface area contributed by atoms with Gasteiger partial charge in [0.25, 0.3) is 0 Å². The van der Waals surface area contributed by atoms with Gasteiger partial charge in [-0.2, -0.15) is 15.0 Å². The highest BCUT2D eigenvalue weighted by atomic mass is 79.9. The molecule has 0 unspecified atom stereocenters. The van der Waals surface area contributed by atoms with Gasteiger partial charge in [-0.05, 0) is 30.7 Å².